The fraction of sp³-hybridized carbons (Fsp3) is 0.429. The average molecular weight is 328 g/mol. The van der Waals surface area contributed by atoms with Gasteiger partial charge in [0.2, 0.25) is 0 Å². The van der Waals surface area contributed by atoms with Crippen molar-refractivity contribution in [3.63, 3.8) is 0 Å². The summed E-state index contributed by atoms with van der Waals surface area (Å²) in [5.41, 5.74) is 2.61. The number of ether oxygens (including phenoxy) is 2. The topological polar surface area (TPSA) is 38.7 Å². The minimum absolute atomic E-state index is 0.223. The lowest BCUT2D eigenvalue weighted by molar-refractivity contribution is 0.0626. The van der Waals surface area contributed by atoms with Gasteiger partial charge in [-0.15, -0.1) is 0 Å². The second-order valence-corrected chi connectivity index (χ2v) is 6.06. The van der Waals surface area contributed by atoms with E-state index in [0.29, 0.717) is 0 Å². The maximum Gasteiger partial charge on any atom is 0.122 e. The van der Waals surface area contributed by atoms with Gasteiger partial charge in [0.05, 0.1) is 0 Å². The largest absolute Gasteiger partial charge is 0.491 e. The highest BCUT2D eigenvalue weighted by atomic mass is 16.5. The molecule has 0 aliphatic carbocycles. The van der Waals surface area contributed by atoms with Crippen molar-refractivity contribution >= 4 is 0 Å². The van der Waals surface area contributed by atoms with Gasteiger partial charge in [-0.3, -0.25) is 0 Å². The monoisotopic (exact) mass is 328 g/mol. The van der Waals surface area contributed by atoms with Gasteiger partial charge in [-0.1, -0.05) is 51.0 Å². The average Bonchev–Trinajstić information content (AvgIpc) is 2.61. The van der Waals surface area contributed by atoms with Crippen LogP contribution in [0.5, 0.6) is 11.5 Å². The molecule has 0 heterocycles. The number of hydrogen-bond donors (Lipinski definition) is 1. The second kappa shape index (κ2) is 9.99. The molecule has 0 atom stereocenters. The molecule has 0 amide bonds. The van der Waals surface area contributed by atoms with Gasteiger partial charge in [-0.25, -0.2) is 0 Å². The van der Waals surface area contributed by atoms with Crippen LogP contribution < -0.4 is 9.47 Å². The fourth-order valence-electron chi connectivity index (χ4n) is 2.51. The fourth-order valence-corrected chi connectivity index (χ4v) is 2.51. The van der Waals surface area contributed by atoms with E-state index in [9.17, 15) is 5.11 Å². The summed E-state index contributed by atoms with van der Waals surface area (Å²) >= 11 is 0. The Morgan fingerprint density at radius 2 is 1.08 bits per heavy atom. The summed E-state index contributed by atoms with van der Waals surface area (Å²) in [4.78, 5) is 0. The van der Waals surface area contributed by atoms with Crippen LogP contribution in [0.2, 0.25) is 0 Å². The van der Waals surface area contributed by atoms with Crippen molar-refractivity contribution in [2.45, 2.75) is 45.6 Å². The third-order valence-corrected chi connectivity index (χ3v) is 3.81. The van der Waals surface area contributed by atoms with Gasteiger partial charge >= 0.3 is 0 Å². The van der Waals surface area contributed by atoms with E-state index in [4.69, 9.17) is 9.47 Å². The van der Waals surface area contributed by atoms with Crippen molar-refractivity contribution in [2.75, 3.05) is 13.2 Å². The van der Waals surface area contributed by atoms with Crippen molar-refractivity contribution in [1.29, 1.82) is 0 Å². The Bertz CT molecular complexity index is 522. The normalized spacial score (nSPS) is 10.8. The molecule has 0 bridgehead atoms. The first-order valence-electron chi connectivity index (χ1n) is 8.82. The predicted molar refractivity (Wildman–Crippen MR) is 97.9 cm³/mol. The van der Waals surface area contributed by atoms with E-state index in [1.54, 1.807) is 0 Å². The number of benzene rings is 2. The third kappa shape index (κ3) is 6.25. The highest BCUT2D eigenvalue weighted by Crippen LogP contribution is 2.15. The van der Waals surface area contributed by atoms with E-state index in [2.05, 4.69) is 38.1 Å². The number of aliphatic hydroxyl groups is 1. The summed E-state index contributed by atoms with van der Waals surface area (Å²) in [7, 11) is 0. The Morgan fingerprint density at radius 1 is 0.708 bits per heavy atom. The lowest BCUT2D eigenvalue weighted by atomic mass is 10.1. The molecule has 2 aromatic carbocycles. The van der Waals surface area contributed by atoms with Gasteiger partial charge in [0.25, 0.3) is 0 Å². The molecule has 0 aliphatic rings. The molecule has 0 aliphatic heterocycles. The minimum Gasteiger partial charge on any atom is -0.491 e. The highest BCUT2D eigenvalue weighted by molar-refractivity contribution is 5.28. The number of aryl methyl sites for hydroxylation is 2. The van der Waals surface area contributed by atoms with E-state index >= 15 is 0 Å². The van der Waals surface area contributed by atoms with Gasteiger partial charge in [0.1, 0.15) is 30.8 Å². The molecule has 0 unspecified atom stereocenters. The highest BCUT2D eigenvalue weighted by Gasteiger charge is 2.07. The SMILES string of the molecule is CCCc1ccc(OCC(O)COc2ccc(CCC)cc2)cc1. The summed E-state index contributed by atoms with van der Waals surface area (Å²) < 4.78 is 11.2. The van der Waals surface area contributed by atoms with Crippen LogP contribution >= 0.6 is 0 Å². The van der Waals surface area contributed by atoms with Gasteiger partial charge in [0, 0.05) is 0 Å². The summed E-state index contributed by atoms with van der Waals surface area (Å²) in [6, 6.07) is 16.1. The zero-order valence-corrected chi connectivity index (χ0v) is 14.7. The molecule has 0 spiro atoms. The molecule has 0 saturated carbocycles. The summed E-state index contributed by atoms with van der Waals surface area (Å²) in [5.74, 6) is 1.55. The summed E-state index contributed by atoms with van der Waals surface area (Å²) in [6.45, 7) is 4.78. The minimum atomic E-state index is -0.657. The molecule has 0 radical (unpaired) electrons. The Balaban J connectivity index is 1.71. The van der Waals surface area contributed by atoms with Crippen molar-refractivity contribution in [1.82, 2.24) is 0 Å². The second-order valence-electron chi connectivity index (χ2n) is 6.06. The van der Waals surface area contributed by atoms with Gasteiger partial charge in [0.15, 0.2) is 0 Å². The van der Waals surface area contributed by atoms with Crippen molar-refractivity contribution in [3.05, 3.63) is 59.7 Å². The third-order valence-electron chi connectivity index (χ3n) is 3.81. The van der Waals surface area contributed by atoms with E-state index < -0.39 is 6.10 Å². The first kappa shape index (κ1) is 18.3. The van der Waals surface area contributed by atoms with Crippen LogP contribution in [0.3, 0.4) is 0 Å². The number of rotatable bonds is 10. The van der Waals surface area contributed by atoms with Crippen molar-refractivity contribution < 1.29 is 14.6 Å². The molecule has 1 N–H and O–H groups in total. The van der Waals surface area contributed by atoms with Gasteiger partial charge in [-0.05, 0) is 48.2 Å². The molecule has 3 nitrogen and oxygen atoms in total. The Hall–Kier alpha value is -2.00. The molecule has 2 aromatic rings. The molecule has 3 heteroatoms. The van der Waals surface area contributed by atoms with Crippen LogP contribution in [0.1, 0.15) is 37.8 Å². The standard InChI is InChI=1S/C21H28O3/c1-3-5-17-7-11-20(12-8-17)23-15-19(22)16-24-21-13-9-18(6-4-2)10-14-21/h7-14,19,22H,3-6,15-16H2,1-2H3. The lowest BCUT2D eigenvalue weighted by Crippen LogP contribution is -2.25. The number of hydrogen-bond acceptors (Lipinski definition) is 3. The summed E-state index contributed by atoms with van der Waals surface area (Å²) in [5, 5.41) is 10.00. The van der Waals surface area contributed by atoms with Gasteiger partial charge < -0.3 is 14.6 Å². The first-order chi connectivity index (χ1) is 11.7. The Labute approximate surface area is 145 Å². The molecule has 0 saturated heterocycles. The zero-order valence-electron chi connectivity index (χ0n) is 14.7. The smallest absolute Gasteiger partial charge is 0.122 e. The molecule has 2 rings (SSSR count). The Kier molecular flexibility index (Phi) is 7.63. The van der Waals surface area contributed by atoms with E-state index in [1.165, 1.54) is 11.1 Å². The molecule has 24 heavy (non-hydrogen) atoms. The quantitative estimate of drug-likeness (QED) is 0.702. The predicted octanol–water partition coefficient (Wildman–Crippen LogP) is 4.41. The van der Waals surface area contributed by atoms with Crippen LogP contribution in [-0.2, 0) is 12.8 Å². The van der Waals surface area contributed by atoms with Gasteiger partial charge in [-0.2, -0.15) is 0 Å². The molecule has 0 aromatic heterocycles. The van der Waals surface area contributed by atoms with E-state index in [0.717, 1.165) is 37.2 Å². The van der Waals surface area contributed by atoms with Crippen LogP contribution in [0, 0.1) is 0 Å². The molecule has 0 fully saturated rings. The molecule has 130 valence electrons. The van der Waals surface area contributed by atoms with E-state index in [-0.39, 0.29) is 13.2 Å². The van der Waals surface area contributed by atoms with Crippen LogP contribution in [0.15, 0.2) is 48.5 Å². The summed E-state index contributed by atoms with van der Waals surface area (Å²) in [6.07, 6.45) is 3.77. The first-order valence-corrected chi connectivity index (χ1v) is 8.82. The van der Waals surface area contributed by atoms with Crippen LogP contribution in [0.25, 0.3) is 0 Å². The van der Waals surface area contributed by atoms with Crippen molar-refractivity contribution in [3.8, 4) is 11.5 Å². The van der Waals surface area contributed by atoms with Crippen LogP contribution in [-0.4, -0.2) is 24.4 Å². The lowest BCUT2D eigenvalue weighted by Gasteiger charge is -2.14. The molecular weight excluding hydrogens is 300 g/mol. The van der Waals surface area contributed by atoms with Crippen LogP contribution in [0.4, 0.5) is 0 Å². The van der Waals surface area contributed by atoms with Crippen molar-refractivity contribution in [2.24, 2.45) is 0 Å². The maximum absolute atomic E-state index is 10.00. The Morgan fingerprint density at radius 3 is 1.42 bits per heavy atom. The van der Waals surface area contributed by atoms with E-state index in [1.807, 2.05) is 24.3 Å². The number of aliphatic hydroxyl groups excluding tert-OH is 1. The maximum atomic E-state index is 10.00. The zero-order chi connectivity index (χ0) is 17.2. The molecular formula is C21H28O3.